The highest BCUT2D eigenvalue weighted by Crippen LogP contribution is 2.13. The van der Waals surface area contributed by atoms with Crippen molar-refractivity contribution in [1.82, 2.24) is 4.98 Å². The van der Waals surface area contributed by atoms with E-state index >= 15 is 0 Å². The van der Waals surface area contributed by atoms with E-state index in [2.05, 4.69) is 10.3 Å². The van der Waals surface area contributed by atoms with Gasteiger partial charge < -0.3 is 11.1 Å². The van der Waals surface area contributed by atoms with E-state index in [1.165, 1.54) is 0 Å². The number of carbonyl (C=O) groups is 1. The molecule has 3 N–H and O–H groups in total. The third kappa shape index (κ3) is 3.31. The Labute approximate surface area is 96.3 Å². The number of aryl methyl sites for hydroxylation is 1. The molecule has 1 aromatic rings. The van der Waals surface area contributed by atoms with Crippen molar-refractivity contribution in [2.45, 2.75) is 39.2 Å². The number of nitrogens with zero attached hydrogens (tertiary/aromatic N) is 1. The number of anilines is 1. The zero-order valence-electron chi connectivity index (χ0n) is 10.1. The van der Waals surface area contributed by atoms with Crippen LogP contribution < -0.4 is 11.1 Å². The largest absolute Gasteiger partial charge is 0.323 e. The summed E-state index contributed by atoms with van der Waals surface area (Å²) in [6.45, 7) is 5.65. The highest BCUT2D eigenvalue weighted by atomic mass is 16.2. The number of nitrogens with two attached hydrogens (primary N) is 1. The summed E-state index contributed by atoms with van der Waals surface area (Å²) < 4.78 is 0. The highest BCUT2D eigenvalue weighted by Gasteiger charge is 2.27. The third-order valence-corrected chi connectivity index (χ3v) is 2.46. The van der Waals surface area contributed by atoms with Gasteiger partial charge in [0, 0.05) is 5.69 Å². The molecule has 1 heterocycles. The zero-order chi connectivity index (χ0) is 12.2. The fourth-order valence-corrected chi connectivity index (χ4v) is 1.45. The van der Waals surface area contributed by atoms with E-state index in [4.69, 9.17) is 5.73 Å². The van der Waals surface area contributed by atoms with E-state index in [9.17, 15) is 4.79 Å². The molecule has 1 unspecified atom stereocenters. The normalized spacial score (nSPS) is 14.2. The lowest BCUT2D eigenvalue weighted by Gasteiger charge is -2.22. The number of aromatic nitrogens is 1. The topological polar surface area (TPSA) is 68.0 Å². The molecule has 88 valence electrons. The molecule has 1 aromatic heterocycles. The lowest BCUT2D eigenvalue weighted by molar-refractivity contribution is -0.120. The molecule has 0 bridgehead atoms. The summed E-state index contributed by atoms with van der Waals surface area (Å²) in [7, 11) is 0. The number of hydrogen-bond acceptors (Lipinski definition) is 3. The van der Waals surface area contributed by atoms with Crippen molar-refractivity contribution in [3.63, 3.8) is 0 Å². The molecule has 0 spiro atoms. The molecule has 16 heavy (non-hydrogen) atoms. The van der Waals surface area contributed by atoms with Gasteiger partial charge in [0.1, 0.15) is 0 Å². The van der Waals surface area contributed by atoms with Gasteiger partial charge in [-0.15, -0.1) is 0 Å². The van der Waals surface area contributed by atoms with E-state index in [1.54, 1.807) is 13.1 Å². The van der Waals surface area contributed by atoms with Gasteiger partial charge in [0.25, 0.3) is 0 Å². The predicted octanol–water partition coefficient (Wildman–Crippen LogP) is 1.85. The van der Waals surface area contributed by atoms with Crippen LogP contribution in [0.4, 0.5) is 5.69 Å². The van der Waals surface area contributed by atoms with Crippen LogP contribution >= 0.6 is 0 Å². The standard InChI is InChI=1S/C12H19N3O/c1-4-7-12(3,13)11(16)15-10-6-5-9(2)14-8-10/h5-6,8H,4,7,13H2,1-3H3,(H,15,16). The Hall–Kier alpha value is -1.42. The summed E-state index contributed by atoms with van der Waals surface area (Å²) in [5, 5.41) is 2.77. The van der Waals surface area contributed by atoms with Gasteiger partial charge in [0.05, 0.1) is 17.4 Å². The molecule has 1 atom stereocenters. The molecule has 1 amide bonds. The van der Waals surface area contributed by atoms with Crippen molar-refractivity contribution in [3.8, 4) is 0 Å². The van der Waals surface area contributed by atoms with Crippen molar-refractivity contribution < 1.29 is 4.79 Å². The summed E-state index contributed by atoms with van der Waals surface area (Å²) in [5.41, 5.74) is 6.70. The molecular weight excluding hydrogens is 202 g/mol. The third-order valence-electron chi connectivity index (χ3n) is 2.46. The Morgan fingerprint density at radius 3 is 2.75 bits per heavy atom. The van der Waals surface area contributed by atoms with Gasteiger partial charge in [-0.05, 0) is 32.4 Å². The fourth-order valence-electron chi connectivity index (χ4n) is 1.45. The van der Waals surface area contributed by atoms with Crippen LogP contribution in [0.2, 0.25) is 0 Å². The van der Waals surface area contributed by atoms with Crippen molar-refractivity contribution in [1.29, 1.82) is 0 Å². The summed E-state index contributed by atoms with van der Waals surface area (Å²) >= 11 is 0. The van der Waals surface area contributed by atoms with E-state index in [1.807, 2.05) is 26.0 Å². The van der Waals surface area contributed by atoms with E-state index in [0.717, 1.165) is 12.1 Å². The quantitative estimate of drug-likeness (QED) is 0.815. The van der Waals surface area contributed by atoms with E-state index in [0.29, 0.717) is 12.1 Å². The number of nitrogens with one attached hydrogen (secondary N) is 1. The van der Waals surface area contributed by atoms with Gasteiger partial charge in [0.15, 0.2) is 0 Å². The van der Waals surface area contributed by atoms with Crippen LogP contribution in [-0.4, -0.2) is 16.4 Å². The number of rotatable bonds is 4. The van der Waals surface area contributed by atoms with Crippen molar-refractivity contribution in [2.75, 3.05) is 5.32 Å². The minimum atomic E-state index is -0.820. The number of pyridine rings is 1. The summed E-state index contributed by atoms with van der Waals surface area (Å²) in [6, 6.07) is 3.67. The molecule has 0 aliphatic carbocycles. The molecule has 0 fully saturated rings. The molecule has 0 saturated carbocycles. The van der Waals surface area contributed by atoms with Crippen LogP contribution in [0.1, 0.15) is 32.4 Å². The minimum Gasteiger partial charge on any atom is -0.323 e. The maximum Gasteiger partial charge on any atom is 0.244 e. The Morgan fingerprint density at radius 1 is 1.56 bits per heavy atom. The lowest BCUT2D eigenvalue weighted by atomic mass is 9.96. The van der Waals surface area contributed by atoms with Crippen LogP contribution in [0.5, 0.6) is 0 Å². The Kier molecular flexibility index (Phi) is 4.01. The van der Waals surface area contributed by atoms with Crippen LogP contribution in [-0.2, 0) is 4.79 Å². The first kappa shape index (κ1) is 12.6. The number of amides is 1. The Morgan fingerprint density at radius 2 is 2.25 bits per heavy atom. The van der Waals surface area contributed by atoms with Gasteiger partial charge in [-0.25, -0.2) is 0 Å². The van der Waals surface area contributed by atoms with Gasteiger partial charge in [-0.1, -0.05) is 13.3 Å². The molecule has 4 nitrogen and oxygen atoms in total. The minimum absolute atomic E-state index is 0.167. The smallest absolute Gasteiger partial charge is 0.244 e. The predicted molar refractivity (Wildman–Crippen MR) is 65.1 cm³/mol. The van der Waals surface area contributed by atoms with Gasteiger partial charge in [-0.2, -0.15) is 0 Å². The van der Waals surface area contributed by atoms with Crippen LogP contribution in [0.3, 0.4) is 0 Å². The monoisotopic (exact) mass is 221 g/mol. The summed E-state index contributed by atoms with van der Waals surface area (Å²) in [4.78, 5) is 15.9. The second kappa shape index (κ2) is 5.07. The molecule has 1 rings (SSSR count). The number of hydrogen-bond donors (Lipinski definition) is 2. The first-order chi connectivity index (χ1) is 7.45. The highest BCUT2D eigenvalue weighted by molar-refractivity contribution is 5.97. The van der Waals surface area contributed by atoms with E-state index < -0.39 is 5.54 Å². The van der Waals surface area contributed by atoms with Crippen LogP contribution in [0.15, 0.2) is 18.3 Å². The Bertz CT molecular complexity index is 357. The van der Waals surface area contributed by atoms with E-state index in [-0.39, 0.29) is 5.91 Å². The molecule has 0 saturated heterocycles. The second-order valence-electron chi connectivity index (χ2n) is 4.31. The maximum atomic E-state index is 11.8. The molecule has 4 heteroatoms. The van der Waals surface area contributed by atoms with Gasteiger partial charge >= 0.3 is 0 Å². The SMILES string of the molecule is CCCC(C)(N)C(=O)Nc1ccc(C)nc1. The maximum absolute atomic E-state index is 11.8. The summed E-state index contributed by atoms with van der Waals surface area (Å²) in [5.74, 6) is -0.167. The first-order valence-electron chi connectivity index (χ1n) is 5.48. The molecule has 0 aliphatic heterocycles. The average Bonchev–Trinajstić information content (AvgIpc) is 2.21. The fraction of sp³-hybridized carbons (Fsp3) is 0.500. The van der Waals surface area contributed by atoms with Crippen LogP contribution in [0.25, 0.3) is 0 Å². The second-order valence-corrected chi connectivity index (χ2v) is 4.31. The van der Waals surface area contributed by atoms with Crippen molar-refractivity contribution in [2.24, 2.45) is 5.73 Å². The Balaban J connectivity index is 2.67. The molecule has 0 aromatic carbocycles. The van der Waals surface area contributed by atoms with Gasteiger partial charge in [0.2, 0.25) is 5.91 Å². The van der Waals surface area contributed by atoms with Crippen molar-refractivity contribution in [3.05, 3.63) is 24.0 Å². The summed E-state index contributed by atoms with van der Waals surface area (Å²) in [6.07, 6.45) is 3.18. The number of carbonyl (C=O) groups excluding carboxylic acids is 1. The molecule has 0 aliphatic rings. The molecular formula is C12H19N3O. The van der Waals surface area contributed by atoms with Gasteiger partial charge in [-0.3, -0.25) is 9.78 Å². The van der Waals surface area contributed by atoms with Crippen LogP contribution in [0, 0.1) is 6.92 Å². The zero-order valence-corrected chi connectivity index (χ0v) is 10.1. The molecule has 0 radical (unpaired) electrons. The average molecular weight is 221 g/mol. The lowest BCUT2D eigenvalue weighted by Crippen LogP contribution is -2.48. The van der Waals surface area contributed by atoms with Crippen molar-refractivity contribution >= 4 is 11.6 Å². The first-order valence-corrected chi connectivity index (χ1v) is 5.48.